The predicted octanol–water partition coefficient (Wildman–Crippen LogP) is 1.21. The van der Waals surface area contributed by atoms with E-state index in [2.05, 4.69) is 15.9 Å². The Hall–Kier alpha value is -0.810. The fourth-order valence-electron chi connectivity index (χ4n) is 2.11. The summed E-state index contributed by atoms with van der Waals surface area (Å²) in [5.41, 5.74) is 6.34. The van der Waals surface area contributed by atoms with Crippen LogP contribution in [0.25, 0.3) is 0 Å². The molecule has 1 aromatic rings. The molecule has 0 aliphatic carbocycles. The van der Waals surface area contributed by atoms with Gasteiger partial charge in [-0.1, -0.05) is 0 Å². The fourth-order valence-corrected chi connectivity index (χ4v) is 2.63. The van der Waals surface area contributed by atoms with Crippen LogP contribution in [0.4, 0.5) is 0 Å². The van der Waals surface area contributed by atoms with Crippen LogP contribution < -0.4 is 5.73 Å². The largest absolute Gasteiger partial charge is 0.345 e. The van der Waals surface area contributed by atoms with Crippen molar-refractivity contribution in [1.29, 1.82) is 0 Å². The van der Waals surface area contributed by atoms with Crippen LogP contribution in [-0.2, 0) is 7.05 Å². The molecule has 2 rings (SSSR count). The number of carbonyl (C=O) groups excluding carboxylic acids is 1. The standard InChI is InChI=1S/C11H16BrN3O/c1-14-7-9(12)4-10(14)11(16)15-3-2-8(5-13)6-15/h4,7-8H,2-3,5-6,13H2,1H3. The maximum atomic E-state index is 12.2. The van der Waals surface area contributed by atoms with E-state index in [4.69, 9.17) is 5.73 Å². The Morgan fingerprint density at radius 2 is 2.44 bits per heavy atom. The third-order valence-corrected chi connectivity index (χ3v) is 3.53. The van der Waals surface area contributed by atoms with Gasteiger partial charge in [-0.3, -0.25) is 4.79 Å². The van der Waals surface area contributed by atoms with Gasteiger partial charge in [-0.25, -0.2) is 0 Å². The Labute approximate surface area is 104 Å². The molecule has 1 atom stereocenters. The summed E-state index contributed by atoms with van der Waals surface area (Å²) >= 11 is 3.37. The number of aryl methyl sites for hydroxylation is 1. The van der Waals surface area contributed by atoms with Crippen LogP contribution in [0.3, 0.4) is 0 Å². The molecule has 88 valence electrons. The molecular formula is C11H16BrN3O. The number of aromatic nitrogens is 1. The first-order chi connectivity index (χ1) is 7.61. The van der Waals surface area contributed by atoms with Crippen molar-refractivity contribution in [2.75, 3.05) is 19.6 Å². The van der Waals surface area contributed by atoms with Gasteiger partial charge in [-0.2, -0.15) is 0 Å². The van der Waals surface area contributed by atoms with Crippen LogP contribution in [-0.4, -0.2) is 35.0 Å². The third kappa shape index (κ3) is 2.15. The molecule has 1 aliphatic rings. The number of halogens is 1. The minimum atomic E-state index is 0.101. The normalized spacial score (nSPS) is 20.4. The summed E-state index contributed by atoms with van der Waals surface area (Å²) in [7, 11) is 1.88. The lowest BCUT2D eigenvalue weighted by Crippen LogP contribution is -2.31. The van der Waals surface area contributed by atoms with Gasteiger partial charge < -0.3 is 15.2 Å². The van der Waals surface area contributed by atoms with Crippen molar-refractivity contribution in [1.82, 2.24) is 9.47 Å². The van der Waals surface area contributed by atoms with Crippen molar-refractivity contribution in [2.45, 2.75) is 6.42 Å². The predicted molar refractivity (Wildman–Crippen MR) is 66.2 cm³/mol. The first-order valence-corrected chi connectivity index (χ1v) is 6.22. The summed E-state index contributed by atoms with van der Waals surface area (Å²) in [5, 5.41) is 0. The van der Waals surface area contributed by atoms with Crippen LogP contribution >= 0.6 is 15.9 Å². The van der Waals surface area contributed by atoms with E-state index >= 15 is 0 Å². The van der Waals surface area contributed by atoms with Crippen molar-refractivity contribution in [3.63, 3.8) is 0 Å². The number of carbonyl (C=O) groups is 1. The zero-order chi connectivity index (χ0) is 11.7. The van der Waals surface area contributed by atoms with Crippen molar-refractivity contribution in [3.8, 4) is 0 Å². The van der Waals surface area contributed by atoms with E-state index in [1.807, 2.05) is 28.8 Å². The maximum absolute atomic E-state index is 12.2. The summed E-state index contributed by atoms with van der Waals surface area (Å²) in [4.78, 5) is 14.1. The number of hydrogen-bond acceptors (Lipinski definition) is 2. The Bertz CT molecular complexity index is 402. The first kappa shape index (κ1) is 11.7. The highest BCUT2D eigenvalue weighted by atomic mass is 79.9. The van der Waals surface area contributed by atoms with Crippen LogP contribution in [0.2, 0.25) is 0 Å². The molecule has 1 saturated heterocycles. The van der Waals surface area contributed by atoms with Gasteiger partial charge in [0, 0.05) is 30.8 Å². The van der Waals surface area contributed by atoms with Crippen molar-refractivity contribution < 1.29 is 4.79 Å². The summed E-state index contributed by atoms with van der Waals surface area (Å²) < 4.78 is 2.79. The Kier molecular flexibility index (Phi) is 3.35. The molecule has 0 bridgehead atoms. The van der Waals surface area contributed by atoms with Gasteiger partial charge in [0.05, 0.1) is 0 Å². The van der Waals surface area contributed by atoms with Crippen LogP contribution in [0.5, 0.6) is 0 Å². The van der Waals surface area contributed by atoms with E-state index in [0.717, 1.165) is 29.7 Å². The highest BCUT2D eigenvalue weighted by Gasteiger charge is 2.27. The van der Waals surface area contributed by atoms with E-state index in [1.54, 1.807) is 0 Å². The Morgan fingerprint density at radius 3 is 2.94 bits per heavy atom. The average Bonchev–Trinajstić information content (AvgIpc) is 2.84. The SMILES string of the molecule is Cn1cc(Br)cc1C(=O)N1CCC(CN)C1. The van der Waals surface area contributed by atoms with Crippen LogP contribution in [0.15, 0.2) is 16.7 Å². The summed E-state index contributed by atoms with van der Waals surface area (Å²) in [6, 6.07) is 1.86. The number of nitrogens with two attached hydrogens (primary N) is 1. The second kappa shape index (κ2) is 4.59. The molecule has 4 nitrogen and oxygen atoms in total. The number of likely N-dealkylation sites (tertiary alicyclic amines) is 1. The first-order valence-electron chi connectivity index (χ1n) is 5.43. The van der Waals surface area contributed by atoms with Gasteiger partial charge >= 0.3 is 0 Å². The quantitative estimate of drug-likeness (QED) is 0.888. The van der Waals surface area contributed by atoms with E-state index in [0.29, 0.717) is 12.5 Å². The number of rotatable bonds is 2. The van der Waals surface area contributed by atoms with Crippen LogP contribution in [0, 0.1) is 5.92 Å². The van der Waals surface area contributed by atoms with Gasteiger partial charge in [-0.15, -0.1) is 0 Å². The Morgan fingerprint density at radius 1 is 1.69 bits per heavy atom. The zero-order valence-electron chi connectivity index (χ0n) is 9.32. The number of nitrogens with zero attached hydrogens (tertiary/aromatic N) is 2. The second-order valence-corrected chi connectivity index (χ2v) is 5.21. The highest BCUT2D eigenvalue weighted by molar-refractivity contribution is 9.10. The van der Waals surface area contributed by atoms with Gasteiger partial charge in [0.25, 0.3) is 5.91 Å². The summed E-state index contributed by atoms with van der Waals surface area (Å²) in [6.07, 6.45) is 2.91. The zero-order valence-corrected chi connectivity index (χ0v) is 10.9. The number of hydrogen-bond donors (Lipinski definition) is 1. The van der Waals surface area contributed by atoms with Gasteiger partial charge in [0.15, 0.2) is 0 Å². The van der Waals surface area contributed by atoms with Gasteiger partial charge in [-0.05, 0) is 40.9 Å². The molecule has 0 radical (unpaired) electrons. The van der Waals surface area contributed by atoms with E-state index in [9.17, 15) is 4.79 Å². The molecule has 5 heteroatoms. The topological polar surface area (TPSA) is 51.3 Å². The van der Waals surface area contributed by atoms with E-state index < -0.39 is 0 Å². The van der Waals surface area contributed by atoms with Crippen molar-refractivity contribution >= 4 is 21.8 Å². The molecule has 1 amide bonds. The molecule has 1 aromatic heterocycles. The Balaban J connectivity index is 2.11. The third-order valence-electron chi connectivity index (χ3n) is 3.10. The summed E-state index contributed by atoms with van der Waals surface area (Å²) in [5.74, 6) is 0.566. The minimum absolute atomic E-state index is 0.101. The van der Waals surface area contributed by atoms with Gasteiger partial charge in [0.2, 0.25) is 0 Å². The molecule has 1 aliphatic heterocycles. The average molecular weight is 286 g/mol. The lowest BCUT2D eigenvalue weighted by molar-refractivity contribution is 0.0778. The highest BCUT2D eigenvalue weighted by Crippen LogP contribution is 2.20. The molecule has 2 N–H and O–H groups in total. The van der Waals surface area contributed by atoms with E-state index in [1.165, 1.54) is 0 Å². The van der Waals surface area contributed by atoms with E-state index in [-0.39, 0.29) is 5.91 Å². The summed E-state index contributed by atoms with van der Waals surface area (Å²) in [6.45, 7) is 2.28. The molecule has 2 heterocycles. The van der Waals surface area contributed by atoms with Crippen molar-refractivity contribution in [3.05, 3.63) is 22.4 Å². The molecule has 1 unspecified atom stereocenters. The number of amides is 1. The molecule has 0 aromatic carbocycles. The van der Waals surface area contributed by atoms with Crippen LogP contribution in [0.1, 0.15) is 16.9 Å². The molecule has 16 heavy (non-hydrogen) atoms. The monoisotopic (exact) mass is 285 g/mol. The lowest BCUT2D eigenvalue weighted by Gasteiger charge is -2.16. The fraction of sp³-hybridized carbons (Fsp3) is 0.545. The minimum Gasteiger partial charge on any atom is -0.345 e. The van der Waals surface area contributed by atoms with Crippen molar-refractivity contribution in [2.24, 2.45) is 18.7 Å². The molecular weight excluding hydrogens is 270 g/mol. The maximum Gasteiger partial charge on any atom is 0.270 e. The second-order valence-electron chi connectivity index (χ2n) is 4.30. The smallest absolute Gasteiger partial charge is 0.270 e. The lowest BCUT2D eigenvalue weighted by atomic mass is 10.1. The van der Waals surface area contributed by atoms with Gasteiger partial charge in [0.1, 0.15) is 5.69 Å². The molecule has 0 spiro atoms. The molecule has 0 saturated carbocycles. The molecule has 1 fully saturated rings.